The lowest BCUT2D eigenvalue weighted by Gasteiger charge is -2.18. The summed E-state index contributed by atoms with van der Waals surface area (Å²) in [6, 6.07) is 0. The smallest absolute Gasteiger partial charge is 0.306 e. The van der Waals surface area contributed by atoms with Crippen molar-refractivity contribution in [3.05, 3.63) is 0 Å². The minimum Gasteiger partial charge on any atom is -0.462 e. The summed E-state index contributed by atoms with van der Waals surface area (Å²) in [4.78, 5) is 37.7. The summed E-state index contributed by atoms with van der Waals surface area (Å²) in [5, 5.41) is 0. The van der Waals surface area contributed by atoms with Gasteiger partial charge in [0.05, 0.1) is 0 Å². The molecule has 0 aliphatic heterocycles. The normalized spacial score (nSPS) is 12.2. The van der Waals surface area contributed by atoms with Gasteiger partial charge in [0.2, 0.25) is 0 Å². The van der Waals surface area contributed by atoms with Crippen LogP contribution in [0.5, 0.6) is 0 Å². The van der Waals surface area contributed by atoms with Crippen LogP contribution in [0.15, 0.2) is 0 Å². The Morgan fingerprint density at radius 3 is 0.811 bits per heavy atom. The summed E-state index contributed by atoms with van der Waals surface area (Å²) in [5.41, 5.74) is 0. The third-order valence-electron chi connectivity index (χ3n) is 10.4. The van der Waals surface area contributed by atoms with Gasteiger partial charge in [-0.2, -0.15) is 0 Å². The van der Waals surface area contributed by atoms with E-state index in [9.17, 15) is 14.4 Å². The molecular weight excluding hydrogens is 661 g/mol. The number of esters is 3. The molecule has 1 atom stereocenters. The zero-order chi connectivity index (χ0) is 39.2. The Balaban J connectivity index is 4.34. The van der Waals surface area contributed by atoms with E-state index in [4.69, 9.17) is 14.2 Å². The van der Waals surface area contributed by atoms with Crippen molar-refractivity contribution < 1.29 is 28.6 Å². The van der Waals surface area contributed by atoms with Crippen LogP contribution in [0.25, 0.3) is 0 Å². The van der Waals surface area contributed by atoms with Crippen LogP contribution in [0.4, 0.5) is 0 Å². The molecule has 6 nitrogen and oxygen atoms in total. The molecule has 0 rings (SSSR count). The summed E-state index contributed by atoms with van der Waals surface area (Å²) >= 11 is 0. The molecule has 53 heavy (non-hydrogen) atoms. The lowest BCUT2D eigenvalue weighted by Crippen LogP contribution is -2.30. The number of hydrogen-bond acceptors (Lipinski definition) is 6. The van der Waals surface area contributed by atoms with Gasteiger partial charge < -0.3 is 14.2 Å². The van der Waals surface area contributed by atoms with Gasteiger partial charge in [0.15, 0.2) is 6.10 Å². The highest BCUT2D eigenvalue weighted by molar-refractivity contribution is 5.71. The average molecular weight is 751 g/mol. The van der Waals surface area contributed by atoms with Crippen LogP contribution >= 0.6 is 0 Å². The van der Waals surface area contributed by atoms with E-state index in [1.807, 2.05) is 0 Å². The predicted octanol–water partition coefficient (Wildman–Crippen LogP) is 14.4. The van der Waals surface area contributed by atoms with Gasteiger partial charge >= 0.3 is 17.9 Å². The van der Waals surface area contributed by atoms with E-state index < -0.39 is 6.10 Å². The molecule has 0 saturated heterocycles. The van der Waals surface area contributed by atoms with E-state index in [2.05, 4.69) is 41.5 Å². The van der Waals surface area contributed by atoms with Crippen molar-refractivity contribution in [3.8, 4) is 0 Å². The van der Waals surface area contributed by atoms with Crippen molar-refractivity contribution in [2.24, 2.45) is 17.8 Å². The second-order valence-electron chi connectivity index (χ2n) is 17.5. The molecule has 0 aliphatic rings. The molecule has 0 spiro atoms. The largest absolute Gasteiger partial charge is 0.462 e. The molecule has 0 aromatic rings. The Morgan fingerprint density at radius 2 is 0.547 bits per heavy atom. The zero-order valence-electron chi connectivity index (χ0n) is 36.3. The van der Waals surface area contributed by atoms with Crippen LogP contribution in [0.1, 0.15) is 247 Å². The van der Waals surface area contributed by atoms with Crippen LogP contribution in [0.3, 0.4) is 0 Å². The maximum absolute atomic E-state index is 12.7. The Kier molecular flexibility index (Phi) is 37.5. The summed E-state index contributed by atoms with van der Waals surface area (Å²) < 4.78 is 16.7. The molecule has 0 fully saturated rings. The number of carbonyl (C=O) groups is 3. The topological polar surface area (TPSA) is 78.9 Å². The number of hydrogen-bond donors (Lipinski definition) is 0. The zero-order valence-corrected chi connectivity index (χ0v) is 36.3. The predicted molar refractivity (Wildman–Crippen MR) is 224 cm³/mol. The van der Waals surface area contributed by atoms with Gasteiger partial charge in [0.1, 0.15) is 13.2 Å². The van der Waals surface area contributed by atoms with Gasteiger partial charge in [-0.1, -0.05) is 208 Å². The molecule has 0 aromatic heterocycles. The van der Waals surface area contributed by atoms with Gasteiger partial charge in [-0.25, -0.2) is 0 Å². The number of rotatable bonds is 40. The lowest BCUT2D eigenvalue weighted by molar-refractivity contribution is -0.167. The Labute approximate surface area is 329 Å². The van der Waals surface area contributed by atoms with E-state index in [1.54, 1.807) is 0 Å². The first kappa shape index (κ1) is 51.4. The first-order valence-corrected chi connectivity index (χ1v) is 23.1. The Bertz CT molecular complexity index is 822. The molecule has 0 heterocycles. The van der Waals surface area contributed by atoms with Crippen LogP contribution in [-0.4, -0.2) is 37.2 Å². The number of ether oxygens (including phenoxy) is 3. The highest BCUT2D eigenvalue weighted by Crippen LogP contribution is 2.17. The number of carbonyl (C=O) groups excluding carboxylic acids is 3. The maximum Gasteiger partial charge on any atom is 0.306 e. The lowest BCUT2D eigenvalue weighted by atomic mass is 10.0. The van der Waals surface area contributed by atoms with Crippen molar-refractivity contribution in [2.45, 2.75) is 253 Å². The summed E-state index contributed by atoms with van der Waals surface area (Å²) in [6.45, 7) is 13.6. The standard InChI is InChI=1S/C47H90O6/c1-41(2)33-27-21-15-10-7-8-12-19-26-32-38-47(50)53-44(40-52-46(49)37-31-25-20-14-17-23-29-35-43(5)6)39-51-45(48)36-30-24-18-13-9-11-16-22-28-34-42(3)4/h41-44H,7-40H2,1-6H3/t44-/m1/s1. The Hall–Kier alpha value is -1.59. The molecule has 0 radical (unpaired) electrons. The van der Waals surface area contributed by atoms with Crippen LogP contribution in [-0.2, 0) is 28.6 Å². The Morgan fingerprint density at radius 1 is 0.321 bits per heavy atom. The van der Waals surface area contributed by atoms with Crippen LogP contribution < -0.4 is 0 Å². The molecule has 6 heteroatoms. The van der Waals surface area contributed by atoms with E-state index >= 15 is 0 Å². The fourth-order valence-electron chi connectivity index (χ4n) is 6.88. The second-order valence-corrected chi connectivity index (χ2v) is 17.5. The fraction of sp³-hybridized carbons (Fsp3) is 0.936. The quantitative estimate of drug-likeness (QED) is 0.0352. The van der Waals surface area contributed by atoms with Crippen molar-refractivity contribution >= 4 is 17.9 Å². The summed E-state index contributed by atoms with van der Waals surface area (Å²) in [7, 11) is 0. The SMILES string of the molecule is CC(C)CCCCCCCCCCCCC(=O)O[C@H](COC(=O)CCCCCCCCCCCC(C)C)COC(=O)CCCCCCCCCC(C)C. The van der Waals surface area contributed by atoms with Crippen molar-refractivity contribution in [3.63, 3.8) is 0 Å². The van der Waals surface area contributed by atoms with Crippen molar-refractivity contribution in [1.29, 1.82) is 0 Å². The number of unbranched alkanes of at least 4 members (excludes halogenated alkanes) is 23. The molecular formula is C47H90O6. The molecule has 0 bridgehead atoms. The summed E-state index contributed by atoms with van der Waals surface area (Å²) in [6.07, 6.45) is 35.3. The molecule has 0 N–H and O–H groups in total. The third kappa shape index (κ3) is 41.4. The first-order valence-electron chi connectivity index (χ1n) is 23.1. The molecule has 314 valence electrons. The van der Waals surface area contributed by atoms with Gasteiger partial charge in [-0.15, -0.1) is 0 Å². The monoisotopic (exact) mass is 751 g/mol. The van der Waals surface area contributed by atoms with Crippen LogP contribution in [0.2, 0.25) is 0 Å². The van der Waals surface area contributed by atoms with Crippen molar-refractivity contribution in [2.75, 3.05) is 13.2 Å². The van der Waals surface area contributed by atoms with Crippen molar-refractivity contribution in [1.82, 2.24) is 0 Å². The van der Waals surface area contributed by atoms with Gasteiger partial charge in [0, 0.05) is 19.3 Å². The molecule has 0 amide bonds. The first-order chi connectivity index (χ1) is 25.6. The third-order valence-corrected chi connectivity index (χ3v) is 10.4. The summed E-state index contributed by atoms with van der Waals surface area (Å²) in [5.74, 6) is 1.54. The minimum atomic E-state index is -0.762. The van der Waals surface area contributed by atoms with E-state index in [0.717, 1.165) is 75.5 Å². The van der Waals surface area contributed by atoms with E-state index in [0.29, 0.717) is 19.3 Å². The van der Waals surface area contributed by atoms with Gasteiger partial charge in [-0.3, -0.25) is 14.4 Å². The molecule has 0 unspecified atom stereocenters. The van der Waals surface area contributed by atoms with E-state index in [-0.39, 0.29) is 31.1 Å². The maximum atomic E-state index is 12.7. The molecule has 0 saturated carbocycles. The second kappa shape index (κ2) is 38.7. The van der Waals surface area contributed by atoms with Crippen LogP contribution in [0, 0.1) is 17.8 Å². The highest BCUT2D eigenvalue weighted by atomic mass is 16.6. The minimum absolute atomic E-state index is 0.0665. The fourth-order valence-corrected chi connectivity index (χ4v) is 6.88. The molecule has 0 aromatic carbocycles. The van der Waals surface area contributed by atoms with Gasteiger partial charge in [-0.05, 0) is 37.0 Å². The average Bonchev–Trinajstić information content (AvgIpc) is 3.11. The molecule has 0 aliphatic carbocycles. The highest BCUT2D eigenvalue weighted by Gasteiger charge is 2.19. The van der Waals surface area contributed by atoms with Gasteiger partial charge in [0.25, 0.3) is 0 Å². The van der Waals surface area contributed by atoms with E-state index in [1.165, 1.54) is 128 Å².